The first-order chi connectivity index (χ1) is 13.2. The third-order valence-electron chi connectivity index (χ3n) is 3.79. The average Bonchev–Trinajstić information content (AvgIpc) is 3.14. The van der Waals surface area contributed by atoms with E-state index in [-0.39, 0.29) is 6.10 Å². The Bertz CT molecular complexity index is 805. The lowest BCUT2D eigenvalue weighted by molar-refractivity contribution is 0.242. The fourth-order valence-corrected chi connectivity index (χ4v) is 3.38. The van der Waals surface area contributed by atoms with Crippen molar-refractivity contribution < 1.29 is 4.74 Å². The van der Waals surface area contributed by atoms with Crippen LogP contribution in [0, 0.1) is 0 Å². The monoisotopic (exact) mass is 383 g/mol. The van der Waals surface area contributed by atoms with Gasteiger partial charge in [0.05, 0.1) is 11.8 Å². The summed E-state index contributed by atoms with van der Waals surface area (Å²) in [5.41, 5.74) is 2.24. The van der Waals surface area contributed by atoms with E-state index in [1.54, 1.807) is 16.4 Å². The van der Waals surface area contributed by atoms with Crippen molar-refractivity contribution in [3.63, 3.8) is 0 Å². The molecule has 1 heterocycles. The number of ether oxygens (including phenoxy) is 1. The molecule has 0 atom stereocenters. The van der Waals surface area contributed by atoms with Crippen LogP contribution in [0.15, 0.2) is 59.8 Å². The van der Waals surface area contributed by atoms with Crippen LogP contribution in [0.1, 0.15) is 25.8 Å². The summed E-state index contributed by atoms with van der Waals surface area (Å²) in [4.78, 5) is 0. The van der Waals surface area contributed by atoms with Crippen molar-refractivity contribution in [1.82, 2.24) is 25.5 Å². The Labute approximate surface area is 164 Å². The van der Waals surface area contributed by atoms with Crippen molar-refractivity contribution >= 4 is 11.8 Å². The first kappa shape index (κ1) is 19.4. The number of nitrogens with zero attached hydrogens (tertiary/aromatic N) is 4. The largest absolute Gasteiger partial charge is 0.491 e. The number of nitrogens with one attached hydrogen (secondary N) is 1. The summed E-state index contributed by atoms with van der Waals surface area (Å²) >= 11 is 1.67. The van der Waals surface area contributed by atoms with Gasteiger partial charge in [-0.25, -0.2) is 0 Å². The Balaban J connectivity index is 1.36. The molecule has 7 heteroatoms. The van der Waals surface area contributed by atoms with E-state index < -0.39 is 0 Å². The molecule has 0 saturated carbocycles. The van der Waals surface area contributed by atoms with Gasteiger partial charge in [-0.05, 0) is 67.1 Å². The molecule has 1 aromatic heterocycles. The molecular formula is C20H25N5OS. The molecule has 0 bridgehead atoms. The second-order valence-electron chi connectivity index (χ2n) is 6.40. The number of aromatic nitrogens is 4. The molecule has 0 amide bonds. The van der Waals surface area contributed by atoms with Gasteiger partial charge in [-0.15, -0.1) is 5.10 Å². The smallest absolute Gasteiger partial charge is 0.214 e. The molecule has 3 rings (SSSR count). The van der Waals surface area contributed by atoms with Crippen molar-refractivity contribution in [2.75, 3.05) is 12.3 Å². The van der Waals surface area contributed by atoms with E-state index >= 15 is 0 Å². The van der Waals surface area contributed by atoms with Crippen LogP contribution in [0.4, 0.5) is 0 Å². The van der Waals surface area contributed by atoms with E-state index in [0.29, 0.717) is 0 Å². The van der Waals surface area contributed by atoms with E-state index in [0.717, 1.165) is 41.9 Å². The highest BCUT2D eigenvalue weighted by Gasteiger charge is 2.08. The molecule has 0 spiro atoms. The number of tetrazole rings is 1. The lowest BCUT2D eigenvalue weighted by Crippen LogP contribution is -2.15. The van der Waals surface area contributed by atoms with Gasteiger partial charge in [-0.1, -0.05) is 42.1 Å². The van der Waals surface area contributed by atoms with Crippen molar-refractivity contribution in [2.24, 2.45) is 0 Å². The molecule has 1 N–H and O–H groups in total. The zero-order valence-electron chi connectivity index (χ0n) is 15.7. The predicted molar refractivity (Wildman–Crippen MR) is 108 cm³/mol. The van der Waals surface area contributed by atoms with Gasteiger partial charge in [-0.3, -0.25) is 0 Å². The normalized spacial score (nSPS) is 11.1. The molecule has 0 fully saturated rings. The summed E-state index contributed by atoms with van der Waals surface area (Å²) in [6.45, 7) is 5.87. The van der Waals surface area contributed by atoms with E-state index in [1.165, 1.54) is 5.56 Å². The van der Waals surface area contributed by atoms with Crippen LogP contribution in [0.25, 0.3) is 5.69 Å². The van der Waals surface area contributed by atoms with Gasteiger partial charge in [0.2, 0.25) is 5.16 Å². The summed E-state index contributed by atoms with van der Waals surface area (Å²) in [5.74, 6) is 1.88. The molecule has 27 heavy (non-hydrogen) atoms. The van der Waals surface area contributed by atoms with E-state index in [4.69, 9.17) is 4.74 Å². The highest BCUT2D eigenvalue weighted by molar-refractivity contribution is 7.99. The molecule has 0 unspecified atom stereocenters. The quantitative estimate of drug-likeness (QED) is 0.425. The zero-order chi connectivity index (χ0) is 18.9. The van der Waals surface area contributed by atoms with Crippen molar-refractivity contribution in [3.05, 3.63) is 60.2 Å². The molecule has 0 saturated heterocycles. The van der Waals surface area contributed by atoms with Gasteiger partial charge in [0.1, 0.15) is 5.75 Å². The molecule has 0 aliphatic heterocycles. The van der Waals surface area contributed by atoms with Crippen molar-refractivity contribution in [1.29, 1.82) is 0 Å². The topological polar surface area (TPSA) is 64.9 Å². The van der Waals surface area contributed by atoms with Gasteiger partial charge in [-0.2, -0.15) is 4.68 Å². The van der Waals surface area contributed by atoms with E-state index in [1.807, 2.05) is 56.3 Å². The van der Waals surface area contributed by atoms with E-state index in [9.17, 15) is 0 Å². The van der Waals surface area contributed by atoms with Gasteiger partial charge in [0, 0.05) is 12.3 Å². The van der Waals surface area contributed by atoms with Crippen molar-refractivity contribution in [2.45, 2.75) is 38.1 Å². The minimum absolute atomic E-state index is 0.203. The maximum absolute atomic E-state index is 5.66. The highest BCUT2D eigenvalue weighted by atomic mass is 32.2. The summed E-state index contributed by atoms with van der Waals surface area (Å²) in [5, 5.41) is 16.3. The van der Waals surface area contributed by atoms with Gasteiger partial charge >= 0.3 is 0 Å². The number of hydrogen-bond donors (Lipinski definition) is 1. The van der Waals surface area contributed by atoms with Crippen LogP contribution in [-0.2, 0) is 6.54 Å². The number of hydrogen-bond acceptors (Lipinski definition) is 6. The standard InChI is InChI=1S/C20H25N5OS/c1-16(2)26-19-11-9-17(10-12-19)15-21-13-6-14-27-20-22-23-24-25(20)18-7-4-3-5-8-18/h3-5,7-12,16,21H,6,13-15H2,1-2H3. The molecule has 0 aliphatic carbocycles. The van der Waals surface area contributed by atoms with Crippen LogP contribution in [0.2, 0.25) is 0 Å². The van der Waals surface area contributed by atoms with Crippen LogP contribution in [-0.4, -0.2) is 38.6 Å². The maximum atomic E-state index is 5.66. The summed E-state index contributed by atoms with van der Waals surface area (Å²) in [6, 6.07) is 18.2. The molecule has 6 nitrogen and oxygen atoms in total. The van der Waals surface area contributed by atoms with E-state index in [2.05, 4.69) is 33.0 Å². The zero-order valence-corrected chi connectivity index (χ0v) is 16.5. The minimum Gasteiger partial charge on any atom is -0.491 e. The molecule has 0 aliphatic rings. The molecule has 2 aromatic carbocycles. The second-order valence-corrected chi connectivity index (χ2v) is 7.46. The second kappa shape index (κ2) is 10.1. The third kappa shape index (κ3) is 6.08. The average molecular weight is 384 g/mol. The van der Waals surface area contributed by atoms with Gasteiger partial charge in [0.15, 0.2) is 0 Å². The van der Waals surface area contributed by atoms with Crippen LogP contribution < -0.4 is 10.1 Å². The Hall–Kier alpha value is -2.38. The number of rotatable bonds is 10. The summed E-state index contributed by atoms with van der Waals surface area (Å²) in [7, 11) is 0. The first-order valence-electron chi connectivity index (χ1n) is 9.15. The van der Waals surface area contributed by atoms with Crippen LogP contribution in [0.5, 0.6) is 5.75 Å². The first-order valence-corrected chi connectivity index (χ1v) is 10.1. The number of para-hydroxylation sites is 1. The van der Waals surface area contributed by atoms with Crippen molar-refractivity contribution in [3.8, 4) is 11.4 Å². The molecule has 142 valence electrons. The summed E-state index contributed by atoms with van der Waals surface area (Å²) in [6.07, 6.45) is 1.25. The van der Waals surface area contributed by atoms with Gasteiger partial charge in [0.25, 0.3) is 0 Å². The lowest BCUT2D eigenvalue weighted by Gasteiger charge is -2.10. The number of thioether (sulfide) groups is 1. The Morgan fingerprint density at radius 1 is 1.07 bits per heavy atom. The molecule has 0 radical (unpaired) electrons. The Morgan fingerprint density at radius 2 is 1.85 bits per heavy atom. The van der Waals surface area contributed by atoms with Crippen LogP contribution >= 0.6 is 11.8 Å². The molecule has 3 aromatic rings. The Kier molecular flexibility index (Phi) is 7.24. The third-order valence-corrected chi connectivity index (χ3v) is 4.80. The number of benzene rings is 2. The summed E-state index contributed by atoms with van der Waals surface area (Å²) < 4.78 is 7.44. The van der Waals surface area contributed by atoms with Gasteiger partial charge < -0.3 is 10.1 Å². The predicted octanol–water partition coefficient (Wildman–Crippen LogP) is 3.72. The molecular weight excluding hydrogens is 358 g/mol. The maximum Gasteiger partial charge on any atom is 0.214 e. The minimum atomic E-state index is 0.203. The Morgan fingerprint density at radius 3 is 2.59 bits per heavy atom. The lowest BCUT2D eigenvalue weighted by atomic mass is 10.2. The SMILES string of the molecule is CC(C)Oc1ccc(CNCCCSc2nnnn2-c2ccccc2)cc1. The highest BCUT2D eigenvalue weighted by Crippen LogP contribution is 2.18. The van der Waals surface area contributed by atoms with Crippen LogP contribution in [0.3, 0.4) is 0 Å². The fraction of sp³-hybridized carbons (Fsp3) is 0.350. The fourth-order valence-electron chi connectivity index (χ4n) is 2.55.